The van der Waals surface area contributed by atoms with E-state index in [2.05, 4.69) is 0 Å². The molecule has 1 heteroatoms. The van der Waals surface area contributed by atoms with E-state index >= 15 is 0 Å². The summed E-state index contributed by atoms with van der Waals surface area (Å²) >= 11 is 0. The van der Waals surface area contributed by atoms with Gasteiger partial charge in [0, 0.05) is 0 Å². The van der Waals surface area contributed by atoms with Gasteiger partial charge >= 0.3 is 0 Å². The Morgan fingerprint density at radius 3 is 3.25 bits per heavy atom. The third-order valence-electron chi connectivity index (χ3n) is 2.26. The van der Waals surface area contributed by atoms with Crippen molar-refractivity contribution in [2.45, 2.75) is 31.8 Å². The third kappa shape index (κ3) is 0.576. The van der Waals surface area contributed by atoms with Gasteiger partial charge in [-0.2, -0.15) is 0 Å². The molecular weight excluding hydrogens is 100 g/mol. The zero-order valence-corrected chi connectivity index (χ0v) is 4.97. The minimum Gasteiger partial charge on any atom is -0.372 e. The van der Waals surface area contributed by atoms with Crippen LogP contribution in [0, 0.1) is 12.5 Å². The molecule has 45 valence electrons. The average molecular weight is 111 g/mol. The smallest absolute Gasteiger partial charge is 0.0844 e. The van der Waals surface area contributed by atoms with Crippen LogP contribution in [0.25, 0.3) is 0 Å². The molecule has 1 saturated carbocycles. The molecule has 0 aromatic rings. The van der Waals surface area contributed by atoms with Gasteiger partial charge in [-0.1, -0.05) is 6.42 Å². The van der Waals surface area contributed by atoms with E-state index in [9.17, 15) is 0 Å². The summed E-state index contributed by atoms with van der Waals surface area (Å²) in [5.74, 6) is 0.898. The van der Waals surface area contributed by atoms with Crippen LogP contribution in [-0.2, 0) is 4.74 Å². The lowest BCUT2D eigenvalue weighted by Gasteiger charge is -2.03. The molecular formula is C7H11O. The summed E-state index contributed by atoms with van der Waals surface area (Å²) in [5, 5.41) is 0. The van der Waals surface area contributed by atoms with Crippen molar-refractivity contribution in [3.8, 4) is 0 Å². The maximum absolute atomic E-state index is 5.35. The molecule has 0 aromatic carbocycles. The maximum Gasteiger partial charge on any atom is 0.0844 e. The third-order valence-corrected chi connectivity index (χ3v) is 2.26. The molecule has 1 aliphatic carbocycles. The zero-order valence-electron chi connectivity index (χ0n) is 4.97. The monoisotopic (exact) mass is 111 g/mol. The molecule has 1 heterocycles. The molecule has 1 aliphatic heterocycles. The Labute approximate surface area is 50.0 Å². The zero-order chi connectivity index (χ0) is 5.40. The maximum atomic E-state index is 5.35. The lowest BCUT2D eigenvalue weighted by atomic mass is 10.1. The van der Waals surface area contributed by atoms with Gasteiger partial charge in [0.05, 0.1) is 12.7 Å². The molecule has 0 bridgehead atoms. The second kappa shape index (κ2) is 1.73. The van der Waals surface area contributed by atoms with Crippen LogP contribution < -0.4 is 0 Å². The fourth-order valence-electron chi connectivity index (χ4n) is 1.75. The molecule has 0 amide bonds. The quantitative estimate of drug-likeness (QED) is 0.462. The van der Waals surface area contributed by atoms with E-state index in [1.807, 2.05) is 6.61 Å². The standard InChI is InChI=1S/C7H11O/c1-2-6-4-5-8-7(6)3-1/h5-7H,1-4H2. The van der Waals surface area contributed by atoms with E-state index < -0.39 is 0 Å². The molecule has 2 aliphatic rings. The highest BCUT2D eigenvalue weighted by atomic mass is 16.5. The molecule has 8 heavy (non-hydrogen) atoms. The summed E-state index contributed by atoms with van der Waals surface area (Å²) in [7, 11) is 0. The van der Waals surface area contributed by atoms with Crippen LogP contribution in [0.1, 0.15) is 25.7 Å². The van der Waals surface area contributed by atoms with Crippen molar-refractivity contribution in [2.24, 2.45) is 5.92 Å². The molecule has 0 N–H and O–H groups in total. The van der Waals surface area contributed by atoms with Crippen LogP contribution >= 0.6 is 0 Å². The minimum absolute atomic E-state index is 0.620. The predicted molar refractivity (Wildman–Crippen MR) is 31.1 cm³/mol. The first-order chi connectivity index (χ1) is 3.97. The fourth-order valence-corrected chi connectivity index (χ4v) is 1.75. The van der Waals surface area contributed by atoms with Crippen LogP contribution in [0.4, 0.5) is 0 Å². The van der Waals surface area contributed by atoms with E-state index in [4.69, 9.17) is 4.74 Å². The lowest BCUT2D eigenvalue weighted by molar-refractivity contribution is 0.141. The van der Waals surface area contributed by atoms with E-state index in [1.54, 1.807) is 0 Å². The first-order valence-corrected chi connectivity index (χ1v) is 3.44. The highest BCUT2D eigenvalue weighted by Crippen LogP contribution is 2.36. The Morgan fingerprint density at radius 1 is 1.38 bits per heavy atom. The second-order valence-electron chi connectivity index (χ2n) is 2.77. The van der Waals surface area contributed by atoms with Gasteiger partial charge < -0.3 is 4.74 Å². The van der Waals surface area contributed by atoms with Crippen molar-refractivity contribution < 1.29 is 4.74 Å². The van der Waals surface area contributed by atoms with Crippen LogP contribution in [0.2, 0.25) is 0 Å². The van der Waals surface area contributed by atoms with Crippen molar-refractivity contribution in [1.29, 1.82) is 0 Å². The van der Waals surface area contributed by atoms with Crippen LogP contribution in [0.15, 0.2) is 0 Å². The molecule has 2 atom stereocenters. The summed E-state index contributed by atoms with van der Waals surface area (Å²) in [6.07, 6.45) is 5.94. The van der Waals surface area contributed by atoms with Gasteiger partial charge in [0.2, 0.25) is 0 Å². The Morgan fingerprint density at radius 2 is 2.38 bits per heavy atom. The molecule has 1 nitrogen and oxygen atoms in total. The Hall–Kier alpha value is -0.0400. The van der Waals surface area contributed by atoms with Crippen LogP contribution in [0.5, 0.6) is 0 Å². The van der Waals surface area contributed by atoms with Gasteiger partial charge in [-0.25, -0.2) is 0 Å². The number of ether oxygens (including phenoxy) is 1. The van der Waals surface area contributed by atoms with Crippen molar-refractivity contribution in [1.82, 2.24) is 0 Å². The molecule has 2 fully saturated rings. The summed E-state index contributed by atoms with van der Waals surface area (Å²) in [5.41, 5.74) is 0. The van der Waals surface area contributed by atoms with E-state index in [-0.39, 0.29) is 0 Å². The summed E-state index contributed by atoms with van der Waals surface area (Å²) in [4.78, 5) is 0. The molecule has 0 aromatic heterocycles. The minimum atomic E-state index is 0.620. The SMILES string of the molecule is [CH]1CC2CCCC2O1. The number of rotatable bonds is 0. The first kappa shape index (κ1) is 4.80. The summed E-state index contributed by atoms with van der Waals surface area (Å²) in [6, 6.07) is 0. The van der Waals surface area contributed by atoms with Crippen LogP contribution in [-0.4, -0.2) is 6.10 Å². The lowest BCUT2D eigenvalue weighted by Crippen LogP contribution is -2.05. The molecule has 1 saturated heterocycles. The van der Waals surface area contributed by atoms with Gasteiger partial charge in [-0.05, 0) is 25.2 Å². The van der Waals surface area contributed by atoms with Crippen molar-refractivity contribution in [2.75, 3.05) is 0 Å². The van der Waals surface area contributed by atoms with Crippen molar-refractivity contribution in [3.05, 3.63) is 6.61 Å². The number of fused-ring (bicyclic) bond motifs is 1. The largest absolute Gasteiger partial charge is 0.372 e. The number of hydrogen-bond donors (Lipinski definition) is 0. The highest BCUT2D eigenvalue weighted by Gasteiger charge is 2.32. The highest BCUT2D eigenvalue weighted by molar-refractivity contribution is 4.86. The Balaban J connectivity index is 2.04. The molecule has 0 spiro atoms. The molecule has 2 rings (SSSR count). The summed E-state index contributed by atoms with van der Waals surface area (Å²) in [6.45, 7) is 1.98. The van der Waals surface area contributed by atoms with Gasteiger partial charge in [0.25, 0.3) is 0 Å². The van der Waals surface area contributed by atoms with Gasteiger partial charge in [-0.15, -0.1) is 0 Å². The normalized spacial score (nSPS) is 45.0. The topological polar surface area (TPSA) is 9.23 Å². The van der Waals surface area contributed by atoms with Gasteiger partial charge in [0.1, 0.15) is 0 Å². The fraction of sp³-hybridized carbons (Fsp3) is 0.857. The first-order valence-electron chi connectivity index (χ1n) is 3.44. The molecule has 2 unspecified atom stereocenters. The second-order valence-corrected chi connectivity index (χ2v) is 2.77. The summed E-state index contributed by atoms with van der Waals surface area (Å²) < 4.78 is 5.35. The van der Waals surface area contributed by atoms with Crippen molar-refractivity contribution in [3.63, 3.8) is 0 Å². The van der Waals surface area contributed by atoms with E-state index in [0.29, 0.717) is 6.10 Å². The Kier molecular flexibility index (Phi) is 1.04. The predicted octanol–water partition coefficient (Wildman–Crippen LogP) is 1.74. The Bertz CT molecular complexity index is 70.4. The van der Waals surface area contributed by atoms with Crippen molar-refractivity contribution >= 4 is 0 Å². The average Bonchev–Trinajstić information content (AvgIpc) is 2.15. The van der Waals surface area contributed by atoms with Crippen LogP contribution in [0.3, 0.4) is 0 Å². The molecule has 1 radical (unpaired) electrons. The van der Waals surface area contributed by atoms with E-state index in [0.717, 1.165) is 5.92 Å². The number of hydrogen-bond acceptors (Lipinski definition) is 1. The van der Waals surface area contributed by atoms with E-state index in [1.165, 1.54) is 25.7 Å². The van der Waals surface area contributed by atoms with Gasteiger partial charge in [-0.3, -0.25) is 0 Å². The van der Waals surface area contributed by atoms with Gasteiger partial charge in [0.15, 0.2) is 0 Å².